The number of nitrogens with zero attached hydrogens (tertiary/aromatic N) is 2. The zero-order chi connectivity index (χ0) is 18.8. The van der Waals surface area contributed by atoms with Gasteiger partial charge in [-0.15, -0.1) is 0 Å². The average molecular weight is 361 g/mol. The van der Waals surface area contributed by atoms with E-state index in [1.807, 2.05) is 55.5 Å². The van der Waals surface area contributed by atoms with Crippen LogP contribution in [0.1, 0.15) is 18.6 Å². The Morgan fingerprint density at radius 3 is 2.44 bits per heavy atom. The normalized spacial score (nSPS) is 13.4. The highest BCUT2D eigenvalue weighted by molar-refractivity contribution is 5.81. The topological polar surface area (TPSA) is 53.1 Å². The van der Waals surface area contributed by atoms with Gasteiger partial charge in [0.2, 0.25) is 0 Å². The van der Waals surface area contributed by atoms with Gasteiger partial charge in [0.05, 0.1) is 17.4 Å². The molecule has 0 fully saturated rings. The van der Waals surface area contributed by atoms with Gasteiger partial charge in [0, 0.05) is 11.4 Å². The molecule has 0 amide bonds. The molecular formula is C22H20FN3O. The van der Waals surface area contributed by atoms with Crippen LogP contribution in [-0.2, 0) is 0 Å². The minimum absolute atomic E-state index is 0.162. The Bertz CT molecular complexity index is 1040. The van der Waals surface area contributed by atoms with Crippen LogP contribution in [0, 0.1) is 5.82 Å². The minimum atomic E-state index is -0.270. The van der Waals surface area contributed by atoms with E-state index in [1.165, 1.54) is 12.1 Å². The van der Waals surface area contributed by atoms with Crippen LogP contribution in [-0.4, -0.2) is 15.8 Å². The van der Waals surface area contributed by atoms with Crippen LogP contribution in [0.15, 0.2) is 79.0 Å². The Morgan fingerprint density at radius 1 is 1.00 bits per heavy atom. The first-order valence-electron chi connectivity index (χ1n) is 8.83. The SMILES string of the molecule is CC(N)C(Oc1ccc2c(cnn2-c2ccc(F)cc2)c1)c1ccccc1. The standard InChI is InChI=1S/C22H20FN3O/c1-15(24)22(16-5-3-2-4-6-16)27-20-11-12-21-17(13-20)14-25-26(21)19-9-7-18(23)8-10-19/h2-15,22H,24H2,1H3. The molecule has 136 valence electrons. The predicted octanol–water partition coefficient (Wildman–Crippen LogP) is 4.63. The summed E-state index contributed by atoms with van der Waals surface area (Å²) < 4.78 is 21.1. The van der Waals surface area contributed by atoms with E-state index in [-0.39, 0.29) is 18.0 Å². The van der Waals surface area contributed by atoms with Gasteiger partial charge in [0.15, 0.2) is 0 Å². The van der Waals surface area contributed by atoms with Crippen LogP contribution in [0.3, 0.4) is 0 Å². The van der Waals surface area contributed by atoms with E-state index in [9.17, 15) is 4.39 Å². The first-order valence-corrected chi connectivity index (χ1v) is 8.83. The predicted molar refractivity (Wildman–Crippen MR) is 104 cm³/mol. The maximum atomic E-state index is 13.2. The van der Waals surface area contributed by atoms with Crippen molar-refractivity contribution < 1.29 is 9.13 Å². The third-order valence-electron chi connectivity index (χ3n) is 4.48. The van der Waals surface area contributed by atoms with E-state index >= 15 is 0 Å². The smallest absolute Gasteiger partial charge is 0.138 e. The van der Waals surface area contributed by atoms with Crippen molar-refractivity contribution in [3.05, 3.63) is 90.4 Å². The van der Waals surface area contributed by atoms with Crippen molar-refractivity contribution in [2.75, 3.05) is 0 Å². The lowest BCUT2D eigenvalue weighted by Crippen LogP contribution is -2.29. The summed E-state index contributed by atoms with van der Waals surface area (Å²) in [5.74, 6) is 0.459. The largest absolute Gasteiger partial charge is 0.484 e. The molecule has 0 aliphatic heterocycles. The van der Waals surface area contributed by atoms with Crippen molar-refractivity contribution in [2.24, 2.45) is 5.73 Å². The molecule has 1 aromatic heterocycles. The Morgan fingerprint density at radius 2 is 1.74 bits per heavy atom. The highest BCUT2D eigenvalue weighted by Gasteiger charge is 2.18. The number of ether oxygens (including phenoxy) is 1. The molecule has 0 radical (unpaired) electrons. The number of rotatable bonds is 5. The van der Waals surface area contributed by atoms with E-state index in [0.717, 1.165) is 27.9 Å². The Balaban J connectivity index is 1.65. The number of benzene rings is 3. The number of halogens is 1. The van der Waals surface area contributed by atoms with Crippen molar-refractivity contribution in [2.45, 2.75) is 19.1 Å². The van der Waals surface area contributed by atoms with Crippen molar-refractivity contribution >= 4 is 10.9 Å². The fourth-order valence-electron chi connectivity index (χ4n) is 3.14. The van der Waals surface area contributed by atoms with E-state index in [2.05, 4.69) is 5.10 Å². The van der Waals surface area contributed by atoms with Gasteiger partial charge in [0.25, 0.3) is 0 Å². The summed E-state index contributed by atoms with van der Waals surface area (Å²) in [6.45, 7) is 1.93. The molecule has 0 aliphatic rings. The lowest BCUT2D eigenvalue weighted by Gasteiger charge is -2.23. The molecule has 4 aromatic rings. The molecule has 2 atom stereocenters. The molecule has 2 unspecified atom stereocenters. The zero-order valence-corrected chi connectivity index (χ0v) is 14.9. The van der Waals surface area contributed by atoms with Crippen LogP contribution >= 0.6 is 0 Å². The molecule has 0 bridgehead atoms. The van der Waals surface area contributed by atoms with Gasteiger partial charge in [-0.25, -0.2) is 9.07 Å². The molecule has 5 heteroatoms. The van der Waals surface area contributed by atoms with E-state index in [0.29, 0.717) is 0 Å². The summed E-state index contributed by atoms with van der Waals surface area (Å²) in [6, 6.07) is 21.8. The fourth-order valence-corrected chi connectivity index (χ4v) is 3.14. The van der Waals surface area contributed by atoms with Gasteiger partial charge in [0.1, 0.15) is 17.7 Å². The molecule has 2 N–H and O–H groups in total. The molecule has 4 nitrogen and oxygen atoms in total. The molecule has 1 heterocycles. The first-order chi connectivity index (χ1) is 13.1. The maximum absolute atomic E-state index is 13.2. The first kappa shape index (κ1) is 17.2. The molecule has 0 aliphatic carbocycles. The lowest BCUT2D eigenvalue weighted by atomic mass is 10.0. The van der Waals surface area contributed by atoms with Gasteiger partial charge < -0.3 is 10.5 Å². The van der Waals surface area contributed by atoms with Gasteiger partial charge >= 0.3 is 0 Å². The number of hydrogen-bond acceptors (Lipinski definition) is 3. The third-order valence-corrected chi connectivity index (χ3v) is 4.48. The van der Waals surface area contributed by atoms with Crippen LogP contribution in [0.4, 0.5) is 4.39 Å². The van der Waals surface area contributed by atoms with E-state index < -0.39 is 0 Å². The Kier molecular flexibility index (Phi) is 4.60. The number of hydrogen-bond donors (Lipinski definition) is 1. The van der Waals surface area contributed by atoms with Crippen LogP contribution in [0.25, 0.3) is 16.6 Å². The van der Waals surface area contributed by atoms with Crippen LogP contribution < -0.4 is 10.5 Å². The molecule has 27 heavy (non-hydrogen) atoms. The second-order valence-electron chi connectivity index (χ2n) is 6.56. The number of fused-ring (bicyclic) bond motifs is 1. The van der Waals surface area contributed by atoms with Gasteiger partial charge in [-0.1, -0.05) is 30.3 Å². The summed E-state index contributed by atoms with van der Waals surface area (Å²) in [6.07, 6.45) is 1.53. The lowest BCUT2D eigenvalue weighted by molar-refractivity contribution is 0.180. The summed E-state index contributed by atoms with van der Waals surface area (Å²) in [4.78, 5) is 0. The Hall–Kier alpha value is -3.18. The third kappa shape index (κ3) is 3.55. The van der Waals surface area contributed by atoms with Crippen LogP contribution in [0.2, 0.25) is 0 Å². The number of aromatic nitrogens is 2. The summed E-state index contributed by atoms with van der Waals surface area (Å²) in [5.41, 5.74) is 8.91. The molecule has 0 saturated carbocycles. The second kappa shape index (κ2) is 7.21. The van der Waals surface area contributed by atoms with Gasteiger partial charge in [-0.2, -0.15) is 5.10 Å². The molecular weight excluding hydrogens is 341 g/mol. The highest BCUT2D eigenvalue weighted by Crippen LogP contribution is 2.28. The van der Waals surface area contributed by atoms with Crippen molar-refractivity contribution in [1.29, 1.82) is 0 Å². The quantitative estimate of drug-likeness (QED) is 0.564. The zero-order valence-electron chi connectivity index (χ0n) is 14.9. The monoisotopic (exact) mass is 361 g/mol. The van der Waals surface area contributed by atoms with Crippen LogP contribution in [0.5, 0.6) is 5.75 Å². The van der Waals surface area contributed by atoms with Crippen molar-refractivity contribution in [3.63, 3.8) is 0 Å². The molecule has 0 spiro atoms. The minimum Gasteiger partial charge on any atom is -0.484 e. The molecule has 3 aromatic carbocycles. The summed E-state index contributed by atoms with van der Waals surface area (Å²) in [5, 5.41) is 5.36. The molecule has 4 rings (SSSR count). The van der Waals surface area contributed by atoms with Gasteiger partial charge in [-0.05, 0) is 55.0 Å². The highest BCUT2D eigenvalue weighted by atomic mass is 19.1. The van der Waals surface area contributed by atoms with E-state index in [4.69, 9.17) is 10.5 Å². The second-order valence-corrected chi connectivity index (χ2v) is 6.56. The van der Waals surface area contributed by atoms with E-state index in [1.54, 1.807) is 23.0 Å². The number of nitrogens with two attached hydrogens (primary N) is 1. The molecule has 0 saturated heterocycles. The summed E-state index contributed by atoms with van der Waals surface area (Å²) >= 11 is 0. The Labute approximate surface area is 157 Å². The fraction of sp³-hybridized carbons (Fsp3) is 0.136. The summed E-state index contributed by atoms with van der Waals surface area (Å²) in [7, 11) is 0. The van der Waals surface area contributed by atoms with Crippen molar-refractivity contribution in [1.82, 2.24) is 9.78 Å². The van der Waals surface area contributed by atoms with Crippen molar-refractivity contribution in [3.8, 4) is 11.4 Å². The maximum Gasteiger partial charge on any atom is 0.138 e. The average Bonchev–Trinajstić information content (AvgIpc) is 3.10. The van der Waals surface area contributed by atoms with Gasteiger partial charge in [-0.3, -0.25) is 0 Å².